The molecule has 0 saturated heterocycles. The molecule has 8 heteroatoms. The van der Waals surface area contributed by atoms with Gasteiger partial charge in [0.25, 0.3) is 10.0 Å². The molecule has 0 spiro atoms. The van der Waals surface area contributed by atoms with Gasteiger partial charge in [0.1, 0.15) is 5.82 Å². The summed E-state index contributed by atoms with van der Waals surface area (Å²) in [5.74, 6) is -0.470. The van der Waals surface area contributed by atoms with Gasteiger partial charge in [-0.1, -0.05) is 0 Å². The molecule has 0 saturated carbocycles. The van der Waals surface area contributed by atoms with Crippen molar-refractivity contribution in [2.75, 3.05) is 0 Å². The summed E-state index contributed by atoms with van der Waals surface area (Å²) in [5, 5.41) is 8.66. The zero-order valence-corrected chi connectivity index (χ0v) is 12.3. The molecular weight excluding hydrogens is 270 g/mol. The first-order chi connectivity index (χ1) is 8.57. The molecule has 19 heavy (non-hydrogen) atoms. The lowest BCUT2D eigenvalue weighted by Crippen LogP contribution is -2.44. The van der Waals surface area contributed by atoms with Gasteiger partial charge < -0.3 is 9.67 Å². The van der Waals surface area contributed by atoms with E-state index in [1.807, 2.05) is 6.92 Å². The van der Waals surface area contributed by atoms with E-state index < -0.39 is 21.5 Å². The third-order valence-corrected chi connectivity index (χ3v) is 4.14. The summed E-state index contributed by atoms with van der Waals surface area (Å²) in [4.78, 5) is 14.7. The molecule has 0 atom stereocenters. The van der Waals surface area contributed by atoms with Gasteiger partial charge in [0.05, 0.1) is 6.42 Å². The first-order valence-corrected chi connectivity index (χ1v) is 7.35. The third-order valence-electron chi connectivity index (χ3n) is 2.57. The number of aryl methyl sites for hydroxylation is 2. The van der Waals surface area contributed by atoms with Crippen molar-refractivity contribution in [3.05, 3.63) is 12.0 Å². The van der Waals surface area contributed by atoms with Crippen LogP contribution in [0.25, 0.3) is 0 Å². The van der Waals surface area contributed by atoms with Crippen molar-refractivity contribution < 1.29 is 18.3 Å². The molecule has 0 bridgehead atoms. The number of carbonyl (C=O) groups is 1. The van der Waals surface area contributed by atoms with Crippen LogP contribution in [0.1, 0.15) is 33.0 Å². The highest BCUT2D eigenvalue weighted by molar-refractivity contribution is 7.89. The van der Waals surface area contributed by atoms with Gasteiger partial charge in [-0.05, 0) is 27.7 Å². The van der Waals surface area contributed by atoms with E-state index in [4.69, 9.17) is 5.11 Å². The normalized spacial score (nSPS) is 12.6. The monoisotopic (exact) mass is 289 g/mol. The topological polar surface area (TPSA) is 101 Å². The summed E-state index contributed by atoms with van der Waals surface area (Å²) in [6.45, 7) is 7.25. The van der Waals surface area contributed by atoms with E-state index in [2.05, 4.69) is 9.71 Å². The van der Waals surface area contributed by atoms with Gasteiger partial charge in [-0.25, -0.2) is 18.1 Å². The van der Waals surface area contributed by atoms with E-state index in [-0.39, 0.29) is 11.4 Å². The van der Waals surface area contributed by atoms with Crippen LogP contribution in [0.15, 0.2) is 11.2 Å². The Morgan fingerprint density at radius 3 is 2.53 bits per heavy atom. The minimum absolute atomic E-state index is 0.0923. The molecule has 0 amide bonds. The number of aliphatic carboxylic acids is 1. The van der Waals surface area contributed by atoms with Crippen LogP contribution in [0, 0.1) is 6.92 Å². The Balaban J connectivity index is 3.01. The van der Waals surface area contributed by atoms with E-state index in [0.717, 1.165) is 0 Å². The molecule has 7 nitrogen and oxygen atoms in total. The standard InChI is InChI=1S/C11H19N3O4S/c1-5-14-7-9(12-8(14)2)19(17,18)13-11(3,4)6-10(15)16/h7,13H,5-6H2,1-4H3,(H,15,16). The molecule has 1 rings (SSSR count). The lowest BCUT2D eigenvalue weighted by molar-refractivity contribution is -0.138. The summed E-state index contributed by atoms with van der Waals surface area (Å²) in [6.07, 6.45) is 1.13. The highest BCUT2D eigenvalue weighted by atomic mass is 32.2. The van der Waals surface area contributed by atoms with Gasteiger partial charge in [-0.3, -0.25) is 4.79 Å². The largest absolute Gasteiger partial charge is 0.481 e. The molecule has 0 aliphatic rings. The summed E-state index contributed by atoms with van der Waals surface area (Å²) >= 11 is 0. The number of hydrogen-bond donors (Lipinski definition) is 2. The Hall–Kier alpha value is -1.41. The van der Waals surface area contributed by atoms with Crippen molar-refractivity contribution in [1.29, 1.82) is 0 Å². The SMILES string of the molecule is CCn1cc(S(=O)(=O)NC(C)(C)CC(=O)O)nc1C. The van der Waals surface area contributed by atoms with Crippen molar-refractivity contribution in [3.8, 4) is 0 Å². The second-order valence-corrected chi connectivity index (χ2v) is 6.60. The smallest absolute Gasteiger partial charge is 0.305 e. The van der Waals surface area contributed by atoms with Crippen molar-refractivity contribution in [1.82, 2.24) is 14.3 Å². The zero-order valence-electron chi connectivity index (χ0n) is 11.5. The Bertz CT molecular complexity index is 575. The maximum Gasteiger partial charge on any atom is 0.305 e. The van der Waals surface area contributed by atoms with E-state index >= 15 is 0 Å². The van der Waals surface area contributed by atoms with Crippen LogP contribution < -0.4 is 4.72 Å². The molecule has 0 fully saturated rings. The summed E-state index contributed by atoms with van der Waals surface area (Å²) < 4.78 is 28.3. The molecule has 0 aromatic carbocycles. The van der Waals surface area contributed by atoms with E-state index in [9.17, 15) is 13.2 Å². The van der Waals surface area contributed by atoms with Gasteiger partial charge >= 0.3 is 5.97 Å². The van der Waals surface area contributed by atoms with E-state index in [1.165, 1.54) is 20.0 Å². The van der Waals surface area contributed by atoms with Gasteiger partial charge in [0, 0.05) is 18.3 Å². The van der Waals surface area contributed by atoms with Gasteiger partial charge in [-0.15, -0.1) is 0 Å². The number of nitrogens with zero attached hydrogens (tertiary/aromatic N) is 2. The van der Waals surface area contributed by atoms with E-state index in [0.29, 0.717) is 12.4 Å². The summed E-state index contributed by atoms with van der Waals surface area (Å²) in [5.41, 5.74) is -1.07. The highest BCUT2D eigenvalue weighted by Crippen LogP contribution is 2.15. The minimum Gasteiger partial charge on any atom is -0.481 e. The predicted octanol–water partition coefficient (Wildman–Crippen LogP) is 0.743. The third kappa shape index (κ3) is 4.03. The van der Waals surface area contributed by atoms with Crippen LogP contribution in [-0.2, 0) is 21.4 Å². The Morgan fingerprint density at radius 1 is 1.53 bits per heavy atom. The maximum absolute atomic E-state index is 12.1. The Labute approximate surface area is 112 Å². The van der Waals surface area contributed by atoms with Crippen LogP contribution >= 0.6 is 0 Å². The maximum atomic E-state index is 12.1. The second-order valence-electron chi connectivity index (χ2n) is 4.97. The molecule has 1 aromatic rings. The number of nitrogens with one attached hydrogen (secondary N) is 1. The number of aromatic nitrogens is 2. The van der Waals surface area contributed by atoms with Crippen LogP contribution in [0.3, 0.4) is 0 Å². The fourth-order valence-corrected chi connectivity index (χ4v) is 3.18. The number of imidazole rings is 1. The Morgan fingerprint density at radius 2 is 2.11 bits per heavy atom. The molecule has 1 aromatic heterocycles. The fraction of sp³-hybridized carbons (Fsp3) is 0.636. The number of hydrogen-bond acceptors (Lipinski definition) is 4. The number of carboxylic acid groups (broad SMARTS) is 1. The zero-order chi connectivity index (χ0) is 14.8. The molecule has 0 aliphatic heterocycles. The van der Waals surface area contributed by atoms with Gasteiger partial charge in [-0.2, -0.15) is 0 Å². The van der Waals surface area contributed by atoms with Crippen LogP contribution in [0.4, 0.5) is 0 Å². The Kier molecular flexibility index (Phi) is 4.36. The molecule has 0 aliphatic carbocycles. The average molecular weight is 289 g/mol. The molecule has 108 valence electrons. The number of sulfonamides is 1. The molecule has 2 N–H and O–H groups in total. The molecule has 0 unspecified atom stereocenters. The quantitative estimate of drug-likeness (QED) is 0.804. The second kappa shape index (κ2) is 5.30. The minimum atomic E-state index is -3.82. The van der Waals surface area contributed by atoms with Crippen molar-refractivity contribution in [3.63, 3.8) is 0 Å². The summed E-state index contributed by atoms with van der Waals surface area (Å²) in [6, 6.07) is 0. The van der Waals surface area contributed by atoms with E-state index in [1.54, 1.807) is 11.5 Å². The number of carboxylic acids is 1. The molecule has 1 heterocycles. The average Bonchev–Trinajstić information content (AvgIpc) is 2.56. The van der Waals surface area contributed by atoms with Crippen molar-refractivity contribution >= 4 is 16.0 Å². The van der Waals surface area contributed by atoms with Gasteiger partial charge in [0.15, 0.2) is 5.03 Å². The van der Waals surface area contributed by atoms with Crippen molar-refractivity contribution in [2.45, 2.75) is 51.2 Å². The fourth-order valence-electron chi connectivity index (χ4n) is 1.76. The van der Waals surface area contributed by atoms with Crippen LogP contribution in [0.5, 0.6) is 0 Å². The highest BCUT2D eigenvalue weighted by Gasteiger charge is 2.30. The first-order valence-electron chi connectivity index (χ1n) is 5.87. The van der Waals surface area contributed by atoms with Crippen LogP contribution in [0.2, 0.25) is 0 Å². The van der Waals surface area contributed by atoms with Crippen LogP contribution in [-0.4, -0.2) is 34.6 Å². The molecule has 0 radical (unpaired) electrons. The first kappa shape index (κ1) is 15.6. The summed E-state index contributed by atoms with van der Waals surface area (Å²) in [7, 11) is -3.82. The lowest BCUT2D eigenvalue weighted by Gasteiger charge is -2.23. The number of rotatable bonds is 6. The molecular formula is C11H19N3O4S. The lowest BCUT2D eigenvalue weighted by atomic mass is 10.0. The van der Waals surface area contributed by atoms with Gasteiger partial charge in [0.2, 0.25) is 0 Å². The van der Waals surface area contributed by atoms with Crippen molar-refractivity contribution in [2.24, 2.45) is 0 Å². The predicted molar refractivity (Wildman–Crippen MR) is 69.3 cm³/mol.